The van der Waals surface area contributed by atoms with Crippen molar-refractivity contribution in [3.8, 4) is 11.5 Å². The van der Waals surface area contributed by atoms with Crippen molar-refractivity contribution in [2.45, 2.75) is 6.42 Å². The van der Waals surface area contributed by atoms with E-state index < -0.39 is 23.8 Å². The molecular weight excluding hydrogens is 320 g/mol. The smallest absolute Gasteiger partial charge is 0.315 e. The minimum absolute atomic E-state index is 0.000574. The monoisotopic (exact) mass is 336 g/mol. The van der Waals surface area contributed by atoms with Crippen LogP contribution in [0, 0.1) is 23.7 Å². The number of hydrogen-bond donors (Lipinski definition) is 0. The molecule has 0 N–H and O–H groups in total. The normalized spacial score (nSPS) is 26.4. The van der Waals surface area contributed by atoms with Gasteiger partial charge in [-0.25, -0.2) is 0 Å². The van der Waals surface area contributed by atoms with Crippen LogP contribution >= 0.6 is 0 Å². The molecule has 0 aliphatic heterocycles. The van der Waals surface area contributed by atoms with E-state index >= 15 is 0 Å². The van der Waals surface area contributed by atoms with Crippen molar-refractivity contribution < 1.29 is 19.1 Å². The molecule has 0 saturated heterocycles. The van der Waals surface area contributed by atoms with Crippen LogP contribution in [0.1, 0.15) is 6.42 Å². The van der Waals surface area contributed by atoms with Crippen molar-refractivity contribution >= 4 is 11.9 Å². The van der Waals surface area contributed by atoms with Crippen LogP contribution in [0.15, 0.2) is 61.2 Å². The Balaban J connectivity index is 1.52. The van der Waals surface area contributed by atoms with Gasteiger partial charge in [0.15, 0.2) is 0 Å². The standard InChI is InChI=1S/C19H16N2O4/c22-18(24-14-3-1-7-20-10-14)16-12-5-6-13(9-12)17(16)19(23)25-15-4-2-8-21-11-15/h1-8,10-13,16-17H,9H2. The van der Waals surface area contributed by atoms with Gasteiger partial charge in [-0.1, -0.05) is 12.2 Å². The maximum Gasteiger partial charge on any atom is 0.315 e. The van der Waals surface area contributed by atoms with Gasteiger partial charge < -0.3 is 9.47 Å². The van der Waals surface area contributed by atoms with E-state index in [4.69, 9.17) is 9.47 Å². The summed E-state index contributed by atoms with van der Waals surface area (Å²) in [6, 6.07) is 6.71. The summed E-state index contributed by atoms with van der Waals surface area (Å²) in [6.07, 6.45) is 10.9. The van der Waals surface area contributed by atoms with Crippen LogP contribution < -0.4 is 9.47 Å². The van der Waals surface area contributed by atoms with Gasteiger partial charge >= 0.3 is 11.9 Å². The Labute approximate surface area is 144 Å². The highest BCUT2D eigenvalue weighted by atomic mass is 16.5. The van der Waals surface area contributed by atoms with Crippen LogP contribution in [-0.2, 0) is 9.59 Å². The molecule has 126 valence electrons. The molecule has 0 aromatic carbocycles. The summed E-state index contributed by atoms with van der Waals surface area (Å²) in [4.78, 5) is 33.2. The molecule has 2 aliphatic rings. The third-order valence-electron chi connectivity index (χ3n) is 4.71. The molecule has 25 heavy (non-hydrogen) atoms. The number of allylic oxidation sites excluding steroid dienone is 2. The number of aromatic nitrogens is 2. The fraction of sp³-hybridized carbons (Fsp3) is 0.263. The maximum atomic E-state index is 12.7. The lowest BCUT2D eigenvalue weighted by molar-refractivity contribution is -0.151. The maximum absolute atomic E-state index is 12.7. The first-order chi connectivity index (χ1) is 12.2. The number of ether oxygens (including phenoxy) is 2. The van der Waals surface area contributed by atoms with Gasteiger partial charge in [0.25, 0.3) is 0 Å². The molecular formula is C19H16N2O4. The Hall–Kier alpha value is -3.02. The summed E-state index contributed by atoms with van der Waals surface area (Å²) in [7, 11) is 0. The molecule has 6 heteroatoms. The van der Waals surface area contributed by atoms with Gasteiger partial charge in [0.1, 0.15) is 11.5 Å². The highest BCUT2D eigenvalue weighted by molar-refractivity contribution is 5.86. The fourth-order valence-corrected chi connectivity index (χ4v) is 3.65. The van der Waals surface area contributed by atoms with Crippen molar-refractivity contribution in [2.24, 2.45) is 23.7 Å². The van der Waals surface area contributed by atoms with Gasteiger partial charge in [-0.05, 0) is 42.5 Å². The van der Waals surface area contributed by atoms with E-state index in [0.29, 0.717) is 11.5 Å². The molecule has 4 rings (SSSR count). The van der Waals surface area contributed by atoms with Crippen molar-refractivity contribution in [3.05, 3.63) is 61.2 Å². The number of nitrogens with zero attached hydrogens (tertiary/aromatic N) is 2. The number of fused-ring (bicyclic) bond motifs is 2. The van der Waals surface area contributed by atoms with Gasteiger partial charge in [0.05, 0.1) is 24.2 Å². The van der Waals surface area contributed by atoms with Crippen molar-refractivity contribution in [3.63, 3.8) is 0 Å². The first-order valence-corrected chi connectivity index (χ1v) is 8.14. The SMILES string of the molecule is O=C(Oc1cccnc1)C1C2C=CC(C2)C1C(=O)Oc1cccnc1. The largest absolute Gasteiger partial charge is 0.425 e. The van der Waals surface area contributed by atoms with E-state index in [9.17, 15) is 9.59 Å². The Morgan fingerprint density at radius 2 is 1.32 bits per heavy atom. The zero-order chi connectivity index (χ0) is 17.2. The zero-order valence-electron chi connectivity index (χ0n) is 13.3. The third-order valence-corrected chi connectivity index (χ3v) is 4.71. The summed E-state index contributed by atoms with van der Waals surface area (Å²) in [5.41, 5.74) is 0. The first kappa shape index (κ1) is 15.5. The van der Waals surface area contributed by atoms with Gasteiger partial charge in [0.2, 0.25) is 0 Å². The van der Waals surface area contributed by atoms with Gasteiger partial charge in [0, 0.05) is 12.4 Å². The molecule has 2 heterocycles. The predicted octanol–water partition coefficient (Wildman–Crippen LogP) is 2.43. The molecule has 2 aromatic heterocycles. The number of hydrogen-bond acceptors (Lipinski definition) is 6. The molecule has 4 unspecified atom stereocenters. The number of esters is 2. The number of pyridine rings is 2. The summed E-state index contributed by atoms with van der Waals surface area (Å²) in [5, 5.41) is 0. The summed E-state index contributed by atoms with van der Waals surface area (Å²) >= 11 is 0. The second kappa shape index (κ2) is 6.47. The van der Waals surface area contributed by atoms with Crippen molar-refractivity contribution in [1.82, 2.24) is 9.97 Å². The Morgan fingerprint density at radius 1 is 0.840 bits per heavy atom. The van der Waals surface area contributed by atoms with Crippen molar-refractivity contribution in [2.75, 3.05) is 0 Å². The Morgan fingerprint density at radius 3 is 1.72 bits per heavy atom. The van der Waals surface area contributed by atoms with Gasteiger partial charge in [-0.3, -0.25) is 19.6 Å². The average Bonchev–Trinajstić information content (AvgIpc) is 3.24. The minimum Gasteiger partial charge on any atom is -0.425 e. The van der Waals surface area contributed by atoms with E-state index in [1.165, 1.54) is 12.4 Å². The zero-order valence-corrected chi connectivity index (χ0v) is 13.3. The second-order valence-electron chi connectivity index (χ2n) is 6.22. The Bertz CT molecular complexity index is 739. The second-order valence-corrected chi connectivity index (χ2v) is 6.22. The topological polar surface area (TPSA) is 78.4 Å². The van der Waals surface area contributed by atoms with E-state index in [1.54, 1.807) is 36.7 Å². The van der Waals surface area contributed by atoms with Crippen LogP contribution in [0.2, 0.25) is 0 Å². The molecule has 1 fully saturated rings. The molecule has 2 aromatic rings. The number of carbonyl (C=O) groups excluding carboxylic acids is 2. The van der Waals surface area contributed by atoms with Crippen LogP contribution in [0.4, 0.5) is 0 Å². The molecule has 2 bridgehead atoms. The lowest BCUT2D eigenvalue weighted by Gasteiger charge is -2.24. The molecule has 0 amide bonds. The minimum atomic E-state index is -0.542. The van der Waals surface area contributed by atoms with Crippen LogP contribution in [0.3, 0.4) is 0 Å². The third kappa shape index (κ3) is 3.03. The van der Waals surface area contributed by atoms with Crippen LogP contribution in [0.25, 0.3) is 0 Å². The summed E-state index contributed by atoms with van der Waals surface area (Å²) in [6.45, 7) is 0. The van der Waals surface area contributed by atoms with Crippen LogP contribution in [0.5, 0.6) is 11.5 Å². The molecule has 1 saturated carbocycles. The lowest BCUT2D eigenvalue weighted by Crippen LogP contribution is -2.37. The first-order valence-electron chi connectivity index (χ1n) is 8.14. The Kier molecular flexibility index (Phi) is 4.01. The highest BCUT2D eigenvalue weighted by Crippen LogP contribution is 2.49. The van der Waals surface area contributed by atoms with E-state index in [-0.39, 0.29) is 11.8 Å². The highest BCUT2D eigenvalue weighted by Gasteiger charge is 2.53. The number of rotatable bonds is 4. The molecule has 4 atom stereocenters. The molecule has 0 spiro atoms. The molecule has 6 nitrogen and oxygen atoms in total. The van der Waals surface area contributed by atoms with Crippen LogP contribution in [-0.4, -0.2) is 21.9 Å². The fourth-order valence-electron chi connectivity index (χ4n) is 3.65. The quantitative estimate of drug-likeness (QED) is 0.630. The van der Waals surface area contributed by atoms with Gasteiger partial charge in [-0.2, -0.15) is 0 Å². The van der Waals surface area contributed by atoms with Gasteiger partial charge in [-0.15, -0.1) is 0 Å². The van der Waals surface area contributed by atoms with E-state index in [2.05, 4.69) is 9.97 Å². The van der Waals surface area contributed by atoms with E-state index in [0.717, 1.165) is 6.42 Å². The average molecular weight is 336 g/mol. The molecule has 2 aliphatic carbocycles. The summed E-state index contributed by atoms with van der Waals surface area (Å²) < 4.78 is 10.9. The predicted molar refractivity (Wildman–Crippen MR) is 87.5 cm³/mol. The van der Waals surface area contributed by atoms with Crippen molar-refractivity contribution in [1.29, 1.82) is 0 Å². The number of carbonyl (C=O) groups is 2. The van der Waals surface area contributed by atoms with E-state index in [1.807, 2.05) is 12.2 Å². The lowest BCUT2D eigenvalue weighted by atomic mass is 9.83. The molecule has 0 radical (unpaired) electrons. The summed E-state index contributed by atoms with van der Waals surface area (Å²) in [5.74, 6) is -1.17.